The predicted octanol–water partition coefficient (Wildman–Crippen LogP) is 6.69. The van der Waals surface area contributed by atoms with Crippen molar-refractivity contribution in [3.05, 3.63) is 125 Å². The topological polar surface area (TPSA) is 113 Å². The second-order valence-corrected chi connectivity index (χ2v) is 9.98. The largest absolute Gasteiger partial charge is 0.508 e. The lowest BCUT2D eigenvalue weighted by atomic mass is 10.0. The number of carbonyl (C=O) groups is 2. The lowest BCUT2D eigenvalue weighted by Gasteiger charge is -2.28. The number of esters is 1. The summed E-state index contributed by atoms with van der Waals surface area (Å²) in [5, 5.41) is 21.4. The van der Waals surface area contributed by atoms with Crippen LogP contribution in [0.5, 0.6) is 5.75 Å². The Morgan fingerprint density at radius 2 is 1.60 bits per heavy atom. The summed E-state index contributed by atoms with van der Waals surface area (Å²) >= 11 is 6.02. The summed E-state index contributed by atoms with van der Waals surface area (Å²) in [5.74, 6) is -1.39. The van der Waals surface area contributed by atoms with Crippen molar-refractivity contribution in [1.29, 1.82) is 5.26 Å². The second-order valence-electron chi connectivity index (χ2n) is 9.54. The van der Waals surface area contributed by atoms with E-state index >= 15 is 0 Å². The van der Waals surface area contributed by atoms with Crippen LogP contribution in [0.4, 0.5) is 0 Å². The first-order valence-corrected chi connectivity index (χ1v) is 13.3. The van der Waals surface area contributed by atoms with E-state index in [1.165, 1.54) is 24.3 Å². The molecular formula is C33H25ClN2O6. The highest BCUT2D eigenvalue weighted by molar-refractivity contribution is 6.30. The van der Waals surface area contributed by atoms with E-state index in [0.29, 0.717) is 32.7 Å². The number of halogens is 1. The molecule has 1 aromatic heterocycles. The number of benzene rings is 4. The summed E-state index contributed by atoms with van der Waals surface area (Å²) in [6.45, 7) is 0.0240. The minimum atomic E-state index is -1.03. The van der Waals surface area contributed by atoms with Crippen LogP contribution in [-0.2, 0) is 27.3 Å². The number of furan rings is 1. The molecule has 42 heavy (non-hydrogen) atoms. The van der Waals surface area contributed by atoms with Crippen LogP contribution in [0, 0.1) is 11.3 Å². The predicted molar refractivity (Wildman–Crippen MR) is 156 cm³/mol. The highest BCUT2D eigenvalue weighted by Gasteiger charge is 2.32. The SMILES string of the molecule is COC(=O)[C@H](Cc1ccc(O)cc1)N(Cc1ccc(C#N)cc1)OC(=O)c1cc2ccc(-c3ccc(Cl)cc3)cc2o1. The van der Waals surface area contributed by atoms with Crippen LogP contribution < -0.4 is 0 Å². The molecule has 0 amide bonds. The Bertz CT molecular complexity index is 1760. The number of nitrogens with zero attached hydrogens (tertiary/aromatic N) is 2. The van der Waals surface area contributed by atoms with E-state index in [9.17, 15) is 14.7 Å². The number of rotatable bonds is 9. The van der Waals surface area contributed by atoms with E-state index in [1.807, 2.05) is 30.3 Å². The Kier molecular flexibility index (Phi) is 8.53. The highest BCUT2D eigenvalue weighted by Crippen LogP contribution is 2.28. The summed E-state index contributed by atoms with van der Waals surface area (Å²) in [6.07, 6.45) is 0.126. The van der Waals surface area contributed by atoms with Crippen molar-refractivity contribution < 1.29 is 28.7 Å². The number of fused-ring (bicyclic) bond motifs is 1. The maximum absolute atomic E-state index is 13.4. The summed E-state index contributed by atoms with van der Waals surface area (Å²) < 4.78 is 11.0. The van der Waals surface area contributed by atoms with Crippen molar-refractivity contribution in [1.82, 2.24) is 5.06 Å². The normalized spacial score (nSPS) is 11.7. The molecule has 5 rings (SSSR count). The number of carbonyl (C=O) groups excluding carboxylic acids is 2. The standard InChI is InChI=1S/C33H25ClN2O6/c1-40-32(38)29(16-21-6-14-28(37)15-7-21)36(20-23-4-2-22(19-35)3-5-23)42-33(39)31-18-26-9-8-25(17-30(26)41-31)24-10-12-27(34)13-11-24/h2-15,17-18,29,37H,16,20H2,1H3/t29-/m0/s1. The average Bonchev–Trinajstić information content (AvgIpc) is 3.45. The molecule has 0 bridgehead atoms. The van der Waals surface area contributed by atoms with Crippen molar-refractivity contribution in [2.45, 2.75) is 19.0 Å². The molecule has 1 atom stereocenters. The highest BCUT2D eigenvalue weighted by atomic mass is 35.5. The van der Waals surface area contributed by atoms with Gasteiger partial charge in [-0.25, -0.2) is 4.79 Å². The van der Waals surface area contributed by atoms with Crippen LogP contribution in [0.15, 0.2) is 101 Å². The van der Waals surface area contributed by atoms with Gasteiger partial charge in [0.1, 0.15) is 17.4 Å². The molecule has 8 nitrogen and oxygen atoms in total. The third kappa shape index (κ3) is 6.61. The smallest absolute Gasteiger partial charge is 0.393 e. The first-order valence-electron chi connectivity index (χ1n) is 13.0. The van der Waals surface area contributed by atoms with Crippen molar-refractivity contribution in [3.63, 3.8) is 0 Å². The molecule has 0 aliphatic rings. The Morgan fingerprint density at radius 1 is 0.929 bits per heavy atom. The van der Waals surface area contributed by atoms with Gasteiger partial charge in [-0.05, 0) is 70.8 Å². The zero-order valence-corrected chi connectivity index (χ0v) is 23.2. The molecule has 0 aliphatic carbocycles. The minimum Gasteiger partial charge on any atom is -0.508 e. The van der Waals surface area contributed by atoms with Gasteiger partial charge in [0.05, 0.1) is 25.3 Å². The van der Waals surface area contributed by atoms with E-state index < -0.39 is 18.0 Å². The Labute approximate surface area is 246 Å². The van der Waals surface area contributed by atoms with Gasteiger partial charge in [0, 0.05) is 16.8 Å². The molecule has 9 heteroatoms. The zero-order valence-electron chi connectivity index (χ0n) is 22.5. The van der Waals surface area contributed by atoms with E-state index in [-0.39, 0.29) is 24.5 Å². The molecule has 5 aromatic rings. The number of phenolic OH excluding ortho intramolecular Hbond substituents is 1. The fourth-order valence-electron chi connectivity index (χ4n) is 4.47. The third-order valence-corrected chi connectivity index (χ3v) is 6.96. The summed E-state index contributed by atoms with van der Waals surface area (Å²) in [7, 11) is 1.26. The van der Waals surface area contributed by atoms with Gasteiger partial charge in [-0.15, -0.1) is 5.06 Å². The van der Waals surface area contributed by atoms with Crippen LogP contribution in [-0.4, -0.2) is 35.3 Å². The molecule has 0 spiro atoms. The van der Waals surface area contributed by atoms with Crippen molar-refractivity contribution in [2.75, 3.05) is 7.11 Å². The Morgan fingerprint density at radius 3 is 2.26 bits per heavy atom. The van der Waals surface area contributed by atoms with Crippen LogP contribution in [0.2, 0.25) is 5.02 Å². The van der Waals surface area contributed by atoms with Gasteiger partial charge < -0.3 is 19.1 Å². The molecule has 1 heterocycles. The number of ether oxygens (including phenoxy) is 1. The Balaban J connectivity index is 1.44. The summed E-state index contributed by atoms with van der Waals surface area (Å²) in [5.41, 5.74) is 4.18. The van der Waals surface area contributed by atoms with Gasteiger partial charge in [-0.3, -0.25) is 4.79 Å². The number of phenols is 1. The summed E-state index contributed by atoms with van der Waals surface area (Å²) in [6, 6.07) is 28.6. The van der Waals surface area contributed by atoms with Crippen LogP contribution in [0.1, 0.15) is 27.2 Å². The molecule has 0 fully saturated rings. The number of nitriles is 1. The lowest BCUT2D eigenvalue weighted by Crippen LogP contribution is -2.44. The minimum absolute atomic E-state index is 0.0240. The lowest BCUT2D eigenvalue weighted by molar-refractivity contribution is -0.178. The van der Waals surface area contributed by atoms with Crippen molar-refractivity contribution in [3.8, 4) is 22.9 Å². The molecule has 0 saturated heterocycles. The molecule has 0 saturated carbocycles. The first-order chi connectivity index (χ1) is 20.3. The first kappa shape index (κ1) is 28.4. The van der Waals surface area contributed by atoms with E-state index in [1.54, 1.807) is 54.6 Å². The van der Waals surface area contributed by atoms with Gasteiger partial charge in [-0.2, -0.15) is 5.26 Å². The van der Waals surface area contributed by atoms with E-state index in [0.717, 1.165) is 11.1 Å². The third-order valence-electron chi connectivity index (χ3n) is 6.71. The number of hydrogen-bond acceptors (Lipinski definition) is 8. The van der Waals surface area contributed by atoms with Gasteiger partial charge >= 0.3 is 11.9 Å². The number of aromatic hydroxyl groups is 1. The quantitative estimate of drug-likeness (QED) is 0.152. The maximum Gasteiger partial charge on any atom is 0.393 e. The monoisotopic (exact) mass is 580 g/mol. The van der Waals surface area contributed by atoms with Crippen molar-refractivity contribution >= 4 is 34.5 Å². The molecule has 0 radical (unpaired) electrons. The van der Waals surface area contributed by atoms with Gasteiger partial charge in [0.2, 0.25) is 5.76 Å². The molecule has 0 aliphatic heterocycles. The van der Waals surface area contributed by atoms with E-state index in [4.69, 9.17) is 30.9 Å². The molecule has 1 N–H and O–H groups in total. The number of hydroxylamine groups is 2. The molecular weight excluding hydrogens is 556 g/mol. The number of methoxy groups -OCH3 is 1. The van der Waals surface area contributed by atoms with Crippen LogP contribution in [0.3, 0.4) is 0 Å². The van der Waals surface area contributed by atoms with Gasteiger partial charge in [0.15, 0.2) is 0 Å². The molecule has 0 unspecified atom stereocenters. The number of hydrogen-bond donors (Lipinski definition) is 1. The summed E-state index contributed by atoms with van der Waals surface area (Å²) in [4.78, 5) is 32.2. The average molecular weight is 581 g/mol. The second kappa shape index (κ2) is 12.6. The maximum atomic E-state index is 13.4. The van der Waals surface area contributed by atoms with Gasteiger partial charge in [0.25, 0.3) is 0 Å². The molecule has 210 valence electrons. The Hall–Kier alpha value is -5.10. The van der Waals surface area contributed by atoms with Crippen LogP contribution >= 0.6 is 11.6 Å². The van der Waals surface area contributed by atoms with E-state index in [2.05, 4.69) is 6.07 Å². The zero-order chi connectivity index (χ0) is 29.6. The fraction of sp³-hybridized carbons (Fsp3) is 0.121. The van der Waals surface area contributed by atoms with Crippen LogP contribution in [0.25, 0.3) is 22.1 Å². The fourth-order valence-corrected chi connectivity index (χ4v) is 4.60. The van der Waals surface area contributed by atoms with Gasteiger partial charge in [-0.1, -0.05) is 60.1 Å². The van der Waals surface area contributed by atoms with Crippen molar-refractivity contribution in [2.24, 2.45) is 0 Å². The molecule has 4 aromatic carbocycles.